The summed E-state index contributed by atoms with van der Waals surface area (Å²) in [6.45, 7) is 3.62. The predicted molar refractivity (Wildman–Crippen MR) is 80.5 cm³/mol. The zero-order chi connectivity index (χ0) is 15.6. The molecule has 2 N–H and O–H groups in total. The standard InChI is InChI=1S/C15H14BrNO4/c1-8-5-10(3-4-13(8)16)14(18)17-7-11-6-12(15(19)20)9(2)21-11/h3-6H,7H2,1-2H3,(H,17,18)(H,19,20). The molecule has 110 valence electrons. The molecule has 1 aromatic heterocycles. The molecular weight excluding hydrogens is 338 g/mol. The molecule has 0 saturated heterocycles. The van der Waals surface area contributed by atoms with Gasteiger partial charge in [0.2, 0.25) is 0 Å². The Morgan fingerprint density at radius 2 is 2.00 bits per heavy atom. The monoisotopic (exact) mass is 351 g/mol. The van der Waals surface area contributed by atoms with Crippen LogP contribution >= 0.6 is 15.9 Å². The van der Waals surface area contributed by atoms with Crippen molar-refractivity contribution >= 4 is 27.8 Å². The number of carboxylic acid groups (broad SMARTS) is 1. The lowest BCUT2D eigenvalue weighted by Gasteiger charge is -2.05. The molecule has 6 heteroatoms. The molecule has 0 radical (unpaired) electrons. The van der Waals surface area contributed by atoms with Gasteiger partial charge in [-0.15, -0.1) is 0 Å². The number of hydrogen-bond acceptors (Lipinski definition) is 3. The van der Waals surface area contributed by atoms with E-state index in [0.717, 1.165) is 10.0 Å². The molecule has 2 aromatic rings. The Morgan fingerprint density at radius 3 is 2.57 bits per heavy atom. The maximum atomic E-state index is 12.0. The van der Waals surface area contributed by atoms with Gasteiger partial charge in [-0.05, 0) is 43.7 Å². The quantitative estimate of drug-likeness (QED) is 0.885. The van der Waals surface area contributed by atoms with E-state index < -0.39 is 5.97 Å². The molecule has 1 heterocycles. The van der Waals surface area contributed by atoms with Crippen molar-refractivity contribution in [3.8, 4) is 0 Å². The molecule has 0 spiro atoms. The fourth-order valence-corrected chi connectivity index (χ4v) is 2.15. The average Bonchev–Trinajstić information content (AvgIpc) is 2.80. The Bertz CT molecular complexity index is 706. The van der Waals surface area contributed by atoms with E-state index in [2.05, 4.69) is 21.2 Å². The lowest BCUT2D eigenvalue weighted by atomic mass is 10.1. The molecule has 0 aliphatic carbocycles. The first-order valence-electron chi connectivity index (χ1n) is 6.25. The number of aryl methyl sites for hydroxylation is 2. The van der Waals surface area contributed by atoms with Crippen molar-refractivity contribution in [1.29, 1.82) is 0 Å². The van der Waals surface area contributed by atoms with Gasteiger partial charge >= 0.3 is 5.97 Å². The summed E-state index contributed by atoms with van der Waals surface area (Å²) in [7, 11) is 0. The number of furan rings is 1. The van der Waals surface area contributed by atoms with Crippen LogP contribution < -0.4 is 5.32 Å². The summed E-state index contributed by atoms with van der Waals surface area (Å²) < 4.78 is 6.24. The number of amides is 1. The maximum absolute atomic E-state index is 12.0. The van der Waals surface area contributed by atoms with Crippen LogP contribution in [0.3, 0.4) is 0 Å². The molecule has 2 rings (SSSR count). The van der Waals surface area contributed by atoms with E-state index >= 15 is 0 Å². The minimum absolute atomic E-state index is 0.110. The van der Waals surface area contributed by atoms with Gasteiger partial charge in [0.15, 0.2) is 0 Å². The highest BCUT2D eigenvalue weighted by Crippen LogP contribution is 2.18. The van der Waals surface area contributed by atoms with Crippen molar-refractivity contribution < 1.29 is 19.1 Å². The van der Waals surface area contributed by atoms with Gasteiger partial charge in [0.25, 0.3) is 5.91 Å². The van der Waals surface area contributed by atoms with E-state index in [0.29, 0.717) is 17.1 Å². The minimum atomic E-state index is -1.04. The van der Waals surface area contributed by atoms with Gasteiger partial charge in [0.05, 0.1) is 6.54 Å². The molecular formula is C15H14BrNO4. The summed E-state index contributed by atoms with van der Waals surface area (Å²) >= 11 is 3.38. The molecule has 1 aromatic carbocycles. The summed E-state index contributed by atoms with van der Waals surface area (Å²) in [5, 5.41) is 11.6. The van der Waals surface area contributed by atoms with Gasteiger partial charge < -0.3 is 14.8 Å². The Balaban J connectivity index is 2.05. The second-order valence-electron chi connectivity index (χ2n) is 4.63. The third kappa shape index (κ3) is 3.52. The van der Waals surface area contributed by atoms with E-state index in [1.54, 1.807) is 19.1 Å². The van der Waals surface area contributed by atoms with E-state index in [9.17, 15) is 9.59 Å². The highest BCUT2D eigenvalue weighted by Gasteiger charge is 2.14. The molecule has 0 fully saturated rings. The van der Waals surface area contributed by atoms with E-state index in [-0.39, 0.29) is 18.0 Å². The van der Waals surface area contributed by atoms with Crippen LogP contribution in [0.2, 0.25) is 0 Å². The number of rotatable bonds is 4. The molecule has 0 unspecified atom stereocenters. The minimum Gasteiger partial charge on any atom is -0.478 e. The molecule has 0 bridgehead atoms. The maximum Gasteiger partial charge on any atom is 0.339 e. The van der Waals surface area contributed by atoms with Crippen molar-refractivity contribution in [3.63, 3.8) is 0 Å². The third-order valence-corrected chi connectivity index (χ3v) is 3.93. The van der Waals surface area contributed by atoms with Crippen LogP contribution in [0.4, 0.5) is 0 Å². The highest BCUT2D eigenvalue weighted by atomic mass is 79.9. The Labute approximate surface area is 130 Å². The number of benzene rings is 1. The summed E-state index contributed by atoms with van der Waals surface area (Å²) in [5.74, 6) is -0.549. The van der Waals surface area contributed by atoms with Crippen LogP contribution in [0, 0.1) is 13.8 Å². The zero-order valence-electron chi connectivity index (χ0n) is 11.6. The van der Waals surface area contributed by atoms with Crippen LogP contribution in [-0.4, -0.2) is 17.0 Å². The lowest BCUT2D eigenvalue weighted by molar-refractivity contribution is 0.0694. The molecule has 0 saturated carbocycles. The van der Waals surface area contributed by atoms with Gasteiger partial charge in [-0.3, -0.25) is 4.79 Å². The Kier molecular flexibility index (Phi) is 4.47. The van der Waals surface area contributed by atoms with Gasteiger partial charge in [-0.25, -0.2) is 4.79 Å². The summed E-state index contributed by atoms with van der Waals surface area (Å²) in [5.41, 5.74) is 1.61. The number of aromatic carboxylic acids is 1. The summed E-state index contributed by atoms with van der Waals surface area (Å²) in [4.78, 5) is 22.9. The van der Waals surface area contributed by atoms with Crippen LogP contribution in [-0.2, 0) is 6.54 Å². The number of carboxylic acids is 1. The van der Waals surface area contributed by atoms with Gasteiger partial charge in [0, 0.05) is 10.0 Å². The van der Waals surface area contributed by atoms with Crippen molar-refractivity contribution in [2.75, 3.05) is 0 Å². The number of halogens is 1. The largest absolute Gasteiger partial charge is 0.478 e. The Morgan fingerprint density at radius 1 is 1.29 bits per heavy atom. The molecule has 0 aliphatic rings. The Hall–Kier alpha value is -2.08. The molecule has 5 nitrogen and oxygen atoms in total. The normalized spacial score (nSPS) is 10.4. The van der Waals surface area contributed by atoms with E-state index in [4.69, 9.17) is 9.52 Å². The SMILES string of the molecule is Cc1cc(C(=O)NCc2cc(C(=O)O)c(C)o2)ccc1Br. The fraction of sp³-hybridized carbons (Fsp3) is 0.200. The number of carbonyl (C=O) groups excluding carboxylic acids is 1. The second kappa shape index (κ2) is 6.13. The molecule has 0 atom stereocenters. The van der Waals surface area contributed by atoms with Crippen molar-refractivity contribution in [2.24, 2.45) is 0 Å². The highest BCUT2D eigenvalue weighted by molar-refractivity contribution is 9.10. The molecule has 1 amide bonds. The van der Waals surface area contributed by atoms with Gasteiger partial charge in [0.1, 0.15) is 17.1 Å². The summed E-state index contributed by atoms with van der Waals surface area (Å²) in [6.07, 6.45) is 0. The van der Waals surface area contributed by atoms with Crippen LogP contribution in [0.5, 0.6) is 0 Å². The van der Waals surface area contributed by atoms with Crippen molar-refractivity contribution in [2.45, 2.75) is 20.4 Å². The van der Waals surface area contributed by atoms with Crippen molar-refractivity contribution in [1.82, 2.24) is 5.32 Å². The number of nitrogens with one attached hydrogen (secondary N) is 1. The van der Waals surface area contributed by atoms with E-state index in [1.807, 2.05) is 13.0 Å². The van der Waals surface area contributed by atoms with Crippen molar-refractivity contribution in [3.05, 3.63) is 56.9 Å². The predicted octanol–water partition coefficient (Wildman–Crippen LogP) is 3.29. The van der Waals surface area contributed by atoms with E-state index in [1.165, 1.54) is 6.07 Å². The zero-order valence-corrected chi connectivity index (χ0v) is 13.2. The second-order valence-corrected chi connectivity index (χ2v) is 5.49. The first-order chi connectivity index (χ1) is 9.88. The molecule has 21 heavy (non-hydrogen) atoms. The van der Waals surface area contributed by atoms with Crippen LogP contribution in [0.1, 0.15) is 37.8 Å². The van der Waals surface area contributed by atoms with Crippen LogP contribution in [0.25, 0.3) is 0 Å². The fourth-order valence-electron chi connectivity index (χ4n) is 1.90. The smallest absolute Gasteiger partial charge is 0.339 e. The summed E-state index contributed by atoms with van der Waals surface area (Å²) in [6, 6.07) is 6.71. The van der Waals surface area contributed by atoms with Gasteiger partial charge in [-0.1, -0.05) is 15.9 Å². The molecule has 0 aliphatic heterocycles. The van der Waals surface area contributed by atoms with Gasteiger partial charge in [-0.2, -0.15) is 0 Å². The lowest BCUT2D eigenvalue weighted by Crippen LogP contribution is -2.22. The van der Waals surface area contributed by atoms with Crippen LogP contribution in [0.15, 0.2) is 33.2 Å². The first kappa shape index (κ1) is 15.3. The topological polar surface area (TPSA) is 79.5 Å². The number of hydrogen-bond donors (Lipinski definition) is 2. The first-order valence-corrected chi connectivity index (χ1v) is 7.04. The average molecular weight is 352 g/mol. The third-order valence-electron chi connectivity index (χ3n) is 3.04. The number of carbonyl (C=O) groups is 2.